The topological polar surface area (TPSA) is 89.1 Å². The lowest BCUT2D eigenvalue weighted by atomic mass is 10.1. The molecular formula is C19H27N3O5S2. The quantitative estimate of drug-likeness (QED) is 0.462. The molecule has 0 saturated carbocycles. The van der Waals surface area contributed by atoms with Crippen LogP contribution in [0.15, 0.2) is 48.5 Å². The van der Waals surface area contributed by atoms with E-state index in [-0.39, 0.29) is 0 Å². The molecule has 29 heavy (non-hydrogen) atoms. The van der Waals surface area contributed by atoms with Crippen molar-refractivity contribution in [2.45, 2.75) is 6.42 Å². The summed E-state index contributed by atoms with van der Waals surface area (Å²) < 4.78 is 40.2. The van der Waals surface area contributed by atoms with Gasteiger partial charge < -0.3 is 9.64 Å². The molecule has 0 aromatic heterocycles. The Bertz CT molecular complexity index is 787. The van der Waals surface area contributed by atoms with E-state index in [4.69, 9.17) is 9.02 Å². The average Bonchev–Trinajstić information content (AvgIpc) is 2.72. The number of hydrogen-bond acceptors (Lipinski definition) is 7. The Morgan fingerprint density at radius 3 is 2.24 bits per heavy atom. The van der Waals surface area contributed by atoms with E-state index in [2.05, 4.69) is 26.3 Å². The molecule has 0 aliphatic rings. The molecule has 0 fully saturated rings. The molecule has 2 aromatic carbocycles. The number of hydrogen-bond donors (Lipinski definition) is 2. The summed E-state index contributed by atoms with van der Waals surface area (Å²) in [5.74, 6) is 0.762. The highest BCUT2D eigenvalue weighted by atomic mass is 32.2. The van der Waals surface area contributed by atoms with Gasteiger partial charge in [-0.15, -0.1) is 0 Å². The molecule has 0 spiro atoms. The third kappa shape index (κ3) is 9.37. The van der Waals surface area contributed by atoms with Crippen molar-refractivity contribution in [3.05, 3.63) is 54.1 Å². The highest BCUT2D eigenvalue weighted by Crippen LogP contribution is 2.16. The molecule has 2 aromatic rings. The maximum Gasteiger partial charge on any atom is 0.261 e. The number of likely N-dealkylation sites (N-methyl/N-ethyl adjacent to an activating group) is 1. The van der Waals surface area contributed by atoms with Crippen molar-refractivity contribution in [3.8, 4) is 5.75 Å². The Hall–Kier alpha value is -1.98. The second-order valence-electron chi connectivity index (χ2n) is 6.21. The highest BCUT2D eigenvalue weighted by Gasteiger charge is 2.03. The predicted molar refractivity (Wildman–Crippen MR) is 117 cm³/mol. The fourth-order valence-electron chi connectivity index (χ4n) is 2.35. The van der Waals surface area contributed by atoms with Gasteiger partial charge >= 0.3 is 0 Å². The van der Waals surface area contributed by atoms with E-state index in [1.165, 1.54) is 18.9 Å². The fourth-order valence-corrected chi connectivity index (χ4v) is 2.98. The van der Waals surface area contributed by atoms with Crippen molar-refractivity contribution in [1.82, 2.24) is 4.90 Å². The lowest BCUT2D eigenvalue weighted by Gasteiger charge is -2.17. The van der Waals surface area contributed by atoms with Crippen molar-refractivity contribution >= 4 is 33.7 Å². The summed E-state index contributed by atoms with van der Waals surface area (Å²) in [7, 11) is 3.44. The summed E-state index contributed by atoms with van der Waals surface area (Å²) >= 11 is -2.88. The minimum absolute atomic E-state index is 0.574. The lowest BCUT2D eigenvalue weighted by molar-refractivity contribution is 0.239. The van der Waals surface area contributed by atoms with Gasteiger partial charge in [0, 0.05) is 25.0 Å². The van der Waals surface area contributed by atoms with Gasteiger partial charge in [0.2, 0.25) is 0 Å². The van der Waals surface area contributed by atoms with Crippen LogP contribution in [0.25, 0.3) is 0 Å². The number of nitrogens with zero attached hydrogens (tertiary/aromatic N) is 1. The van der Waals surface area contributed by atoms with Gasteiger partial charge in [0.15, 0.2) is 11.1 Å². The summed E-state index contributed by atoms with van der Waals surface area (Å²) in [4.78, 5) is 2.20. The summed E-state index contributed by atoms with van der Waals surface area (Å²) in [6.07, 6.45) is 2.35. The normalized spacial score (nSPS) is 13.1. The van der Waals surface area contributed by atoms with Crippen LogP contribution in [0, 0.1) is 0 Å². The molecule has 0 saturated heterocycles. The third-order valence-corrected chi connectivity index (χ3v) is 4.98. The first-order valence-corrected chi connectivity index (χ1v) is 11.5. The largest absolute Gasteiger partial charge is 0.492 e. The van der Waals surface area contributed by atoms with Gasteiger partial charge in [-0.25, -0.2) is 8.42 Å². The minimum Gasteiger partial charge on any atom is -0.492 e. The van der Waals surface area contributed by atoms with Gasteiger partial charge in [0.1, 0.15) is 12.4 Å². The number of anilines is 2. The van der Waals surface area contributed by atoms with Crippen LogP contribution in [0.2, 0.25) is 0 Å². The number of rotatable bonds is 13. The Labute approximate surface area is 176 Å². The smallest absolute Gasteiger partial charge is 0.261 e. The van der Waals surface area contributed by atoms with Crippen LogP contribution in [0.1, 0.15) is 5.56 Å². The molecule has 0 aliphatic heterocycles. The summed E-state index contributed by atoms with van der Waals surface area (Å²) in [5, 5.41) is 0. The molecule has 0 aliphatic carbocycles. The molecule has 2 unspecified atom stereocenters. The number of nitrogens with one attached hydrogen (secondary N) is 2. The van der Waals surface area contributed by atoms with Crippen molar-refractivity contribution in [2.75, 3.05) is 50.3 Å². The molecule has 2 atom stereocenters. The standard InChI is InChI=1S/C19H27N3O5S2/c1-22(13-12-16-4-6-18(7-5-16)21-29(24)25-2)14-15-26-19-10-8-17(9-11-19)20-27-28(3)23/h4-11,20-21H,12-15H2,1-3H3. The summed E-state index contributed by atoms with van der Waals surface area (Å²) in [6.45, 7) is 2.27. The molecule has 2 rings (SSSR count). The maximum absolute atomic E-state index is 11.3. The zero-order chi connectivity index (χ0) is 21.1. The Balaban J connectivity index is 1.66. The van der Waals surface area contributed by atoms with Gasteiger partial charge in [-0.1, -0.05) is 12.1 Å². The minimum atomic E-state index is -1.51. The molecule has 2 N–H and O–H groups in total. The molecule has 10 heteroatoms. The van der Waals surface area contributed by atoms with Crippen LogP contribution < -0.4 is 14.9 Å². The van der Waals surface area contributed by atoms with Crippen molar-refractivity contribution < 1.29 is 21.6 Å². The van der Waals surface area contributed by atoms with Crippen molar-refractivity contribution in [3.63, 3.8) is 0 Å². The van der Waals surface area contributed by atoms with Crippen LogP contribution >= 0.6 is 0 Å². The molecule has 160 valence electrons. The molecule has 0 radical (unpaired) electrons. The molecular weight excluding hydrogens is 414 g/mol. The first-order valence-electron chi connectivity index (χ1n) is 8.96. The zero-order valence-electron chi connectivity index (χ0n) is 16.8. The third-order valence-electron chi connectivity index (χ3n) is 3.96. The Kier molecular flexibility index (Phi) is 10.1. The van der Waals surface area contributed by atoms with Gasteiger partial charge in [0.25, 0.3) is 11.3 Å². The fraction of sp³-hybridized carbons (Fsp3) is 0.368. The number of benzene rings is 2. The Morgan fingerprint density at radius 1 is 0.966 bits per heavy atom. The molecule has 0 bridgehead atoms. The van der Waals surface area contributed by atoms with Gasteiger partial charge in [-0.05, 0) is 55.4 Å². The SMILES string of the molecule is COS(=O)Nc1ccc(CCN(C)CCOc2ccc(NOS(C)=O)cc2)cc1. The van der Waals surface area contributed by atoms with Gasteiger partial charge in [-0.2, -0.15) is 4.28 Å². The van der Waals surface area contributed by atoms with Crippen LogP contribution in [0.3, 0.4) is 0 Å². The first kappa shape index (κ1) is 23.3. The second kappa shape index (κ2) is 12.6. The van der Waals surface area contributed by atoms with Gasteiger partial charge in [0.05, 0.1) is 12.8 Å². The number of ether oxygens (including phenoxy) is 1. The van der Waals surface area contributed by atoms with E-state index in [0.717, 1.165) is 30.9 Å². The maximum atomic E-state index is 11.3. The summed E-state index contributed by atoms with van der Waals surface area (Å²) in [5.41, 5.74) is 5.27. The van der Waals surface area contributed by atoms with E-state index in [1.807, 2.05) is 36.4 Å². The monoisotopic (exact) mass is 441 g/mol. The lowest BCUT2D eigenvalue weighted by Crippen LogP contribution is -2.26. The van der Waals surface area contributed by atoms with Crippen LogP contribution in [0.4, 0.5) is 11.4 Å². The van der Waals surface area contributed by atoms with Gasteiger partial charge in [-0.3, -0.25) is 14.4 Å². The molecule has 0 heterocycles. The summed E-state index contributed by atoms with van der Waals surface area (Å²) in [6, 6.07) is 15.0. The van der Waals surface area contributed by atoms with Crippen LogP contribution in [0.5, 0.6) is 5.75 Å². The van der Waals surface area contributed by atoms with Crippen LogP contribution in [-0.4, -0.2) is 53.4 Å². The van der Waals surface area contributed by atoms with E-state index in [0.29, 0.717) is 12.3 Å². The molecule has 8 nitrogen and oxygen atoms in total. The van der Waals surface area contributed by atoms with Crippen molar-refractivity contribution in [2.24, 2.45) is 0 Å². The second-order valence-corrected chi connectivity index (χ2v) is 8.19. The van der Waals surface area contributed by atoms with Crippen molar-refractivity contribution in [1.29, 1.82) is 0 Å². The van der Waals surface area contributed by atoms with E-state index >= 15 is 0 Å². The average molecular weight is 442 g/mol. The first-order chi connectivity index (χ1) is 14.0. The Morgan fingerprint density at radius 2 is 1.62 bits per heavy atom. The zero-order valence-corrected chi connectivity index (χ0v) is 18.4. The highest BCUT2D eigenvalue weighted by molar-refractivity contribution is 7.81. The predicted octanol–water partition coefficient (Wildman–Crippen LogP) is 2.51. The van der Waals surface area contributed by atoms with E-state index in [1.54, 1.807) is 12.1 Å². The van der Waals surface area contributed by atoms with E-state index in [9.17, 15) is 8.42 Å². The van der Waals surface area contributed by atoms with E-state index < -0.39 is 22.3 Å². The van der Waals surface area contributed by atoms with Crippen LogP contribution in [-0.2, 0) is 37.2 Å². The molecule has 0 amide bonds.